The van der Waals surface area contributed by atoms with E-state index in [4.69, 9.17) is 11.6 Å². The average molecular weight is 460 g/mol. The number of rotatable bonds is 4. The van der Waals surface area contributed by atoms with Gasteiger partial charge < -0.3 is 20.2 Å². The van der Waals surface area contributed by atoms with Crippen LogP contribution in [0.3, 0.4) is 0 Å². The SMILES string of the molecule is CC(=O)N1CCCc2cc(N3CCC(O)(C(=O)NCc4cc(F)cc(Cl)c4)C3=O)ccc21. The Morgan fingerprint density at radius 3 is 2.72 bits per heavy atom. The lowest BCUT2D eigenvalue weighted by Crippen LogP contribution is -2.52. The van der Waals surface area contributed by atoms with E-state index in [-0.39, 0.29) is 30.4 Å². The number of aliphatic hydroxyl groups is 1. The third kappa shape index (κ3) is 4.08. The quantitative estimate of drug-likeness (QED) is 0.688. The van der Waals surface area contributed by atoms with Gasteiger partial charge in [-0.15, -0.1) is 0 Å². The summed E-state index contributed by atoms with van der Waals surface area (Å²) in [6.07, 6.45) is 1.52. The van der Waals surface area contributed by atoms with Gasteiger partial charge in [0, 0.05) is 49.4 Å². The van der Waals surface area contributed by atoms with Gasteiger partial charge in [-0.05, 0) is 60.4 Å². The maximum atomic E-state index is 13.5. The molecule has 1 unspecified atom stereocenters. The fourth-order valence-corrected chi connectivity index (χ4v) is 4.53. The third-order valence-electron chi connectivity index (χ3n) is 5.92. The Hall–Kier alpha value is -2.97. The Balaban J connectivity index is 1.49. The van der Waals surface area contributed by atoms with Gasteiger partial charge in [-0.1, -0.05) is 11.6 Å². The molecule has 2 aliphatic heterocycles. The van der Waals surface area contributed by atoms with Crippen LogP contribution in [-0.4, -0.2) is 41.5 Å². The molecule has 4 rings (SSSR count). The number of nitrogens with zero attached hydrogens (tertiary/aromatic N) is 2. The number of hydrogen-bond donors (Lipinski definition) is 2. The molecule has 2 N–H and O–H groups in total. The molecule has 0 saturated carbocycles. The standard InChI is InChI=1S/C23H23ClFN3O4/c1-14(29)27-7-2-3-16-11-19(4-5-20(16)27)28-8-6-23(32,22(28)31)21(30)26-13-15-9-17(24)12-18(25)10-15/h4-5,9-12,32H,2-3,6-8,13H2,1H3,(H,26,30). The molecule has 0 spiro atoms. The van der Waals surface area contributed by atoms with E-state index >= 15 is 0 Å². The zero-order chi connectivity index (χ0) is 23.0. The Labute approximate surface area is 189 Å². The molecule has 0 radical (unpaired) electrons. The molecule has 3 amide bonds. The van der Waals surface area contributed by atoms with E-state index in [1.807, 2.05) is 6.07 Å². The first-order valence-electron chi connectivity index (χ1n) is 10.4. The maximum Gasteiger partial charge on any atom is 0.268 e. The second-order valence-corrected chi connectivity index (χ2v) is 8.55. The highest BCUT2D eigenvalue weighted by molar-refractivity contribution is 6.30. The van der Waals surface area contributed by atoms with Crippen LogP contribution in [0, 0.1) is 5.82 Å². The smallest absolute Gasteiger partial charge is 0.268 e. The van der Waals surface area contributed by atoms with E-state index in [0.717, 1.165) is 30.2 Å². The monoisotopic (exact) mass is 459 g/mol. The fraction of sp³-hybridized carbons (Fsp3) is 0.348. The first kappa shape index (κ1) is 22.2. The minimum absolute atomic E-state index is 0.0402. The van der Waals surface area contributed by atoms with Crippen molar-refractivity contribution >= 4 is 40.7 Å². The number of halogens is 2. The van der Waals surface area contributed by atoms with Crippen LogP contribution in [0.4, 0.5) is 15.8 Å². The minimum atomic E-state index is -2.21. The minimum Gasteiger partial charge on any atom is -0.372 e. The Kier molecular flexibility index (Phi) is 5.92. The number of hydrogen-bond acceptors (Lipinski definition) is 4. The zero-order valence-electron chi connectivity index (χ0n) is 17.5. The van der Waals surface area contributed by atoms with Crippen LogP contribution < -0.4 is 15.1 Å². The van der Waals surface area contributed by atoms with Crippen LogP contribution in [0.25, 0.3) is 0 Å². The molecule has 0 aromatic heterocycles. The summed E-state index contributed by atoms with van der Waals surface area (Å²) in [5, 5.41) is 13.5. The number of aryl methyl sites for hydroxylation is 1. The van der Waals surface area contributed by atoms with Gasteiger partial charge in [0.15, 0.2) is 0 Å². The Morgan fingerprint density at radius 1 is 1.22 bits per heavy atom. The molecular formula is C23H23ClFN3O4. The molecule has 168 valence electrons. The van der Waals surface area contributed by atoms with Gasteiger partial charge in [0.1, 0.15) is 5.82 Å². The second-order valence-electron chi connectivity index (χ2n) is 8.11. The van der Waals surface area contributed by atoms with E-state index in [2.05, 4.69) is 5.32 Å². The van der Waals surface area contributed by atoms with Crippen LogP contribution in [-0.2, 0) is 27.3 Å². The van der Waals surface area contributed by atoms with E-state index in [1.54, 1.807) is 17.0 Å². The molecular weight excluding hydrogens is 437 g/mol. The van der Waals surface area contributed by atoms with Crippen molar-refractivity contribution in [3.63, 3.8) is 0 Å². The highest BCUT2D eigenvalue weighted by Gasteiger charge is 2.51. The van der Waals surface area contributed by atoms with E-state index in [9.17, 15) is 23.9 Å². The second kappa shape index (κ2) is 8.52. The van der Waals surface area contributed by atoms with Crippen molar-refractivity contribution in [3.8, 4) is 0 Å². The molecule has 1 saturated heterocycles. The zero-order valence-corrected chi connectivity index (χ0v) is 18.3. The van der Waals surface area contributed by atoms with Gasteiger partial charge in [-0.3, -0.25) is 14.4 Å². The highest BCUT2D eigenvalue weighted by Crippen LogP contribution is 2.34. The number of benzene rings is 2. The number of carbonyl (C=O) groups is 3. The molecule has 1 atom stereocenters. The van der Waals surface area contributed by atoms with Crippen LogP contribution in [0.2, 0.25) is 5.02 Å². The summed E-state index contributed by atoms with van der Waals surface area (Å²) in [6, 6.07) is 9.21. The van der Waals surface area contributed by atoms with Crippen LogP contribution >= 0.6 is 11.6 Å². The van der Waals surface area contributed by atoms with E-state index in [0.29, 0.717) is 17.8 Å². The van der Waals surface area contributed by atoms with Crippen molar-refractivity contribution in [3.05, 3.63) is 58.4 Å². The van der Waals surface area contributed by atoms with Gasteiger partial charge in [-0.25, -0.2) is 4.39 Å². The largest absolute Gasteiger partial charge is 0.372 e. The molecule has 7 nitrogen and oxygen atoms in total. The molecule has 2 aromatic rings. The Morgan fingerprint density at radius 2 is 2.00 bits per heavy atom. The predicted molar refractivity (Wildman–Crippen MR) is 118 cm³/mol. The average Bonchev–Trinajstić information content (AvgIpc) is 3.06. The fourth-order valence-electron chi connectivity index (χ4n) is 4.28. The van der Waals surface area contributed by atoms with Gasteiger partial charge in [0.2, 0.25) is 11.5 Å². The number of carbonyl (C=O) groups excluding carboxylic acids is 3. The first-order chi connectivity index (χ1) is 15.2. The maximum absolute atomic E-state index is 13.5. The Bertz CT molecular complexity index is 1090. The van der Waals surface area contributed by atoms with Crippen molar-refractivity contribution in [1.82, 2.24) is 5.32 Å². The van der Waals surface area contributed by atoms with Crippen LogP contribution in [0.5, 0.6) is 0 Å². The van der Waals surface area contributed by atoms with Crippen molar-refractivity contribution in [1.29, 1.82) is 0 Å². The normalized spacial score (nSPS) is 20.3. The summed E-state index contributed by atoms with van der Waals surface area (Å²) in [7, 11) is 0. The molecule has 9 heteroatoms. The van der Waals surface area contributed by atoms with Crippen molar-refractivity contribution in [2.24, 2.45) is 0 Å². The summed E-state index contributed by atoms with van der Waals surface area (Å²) in [5.41, 5.74) is 0.539. The van der Waals surface area contributed by atoms with Crippen LogP contribution in [0.15, 0.2) is 36.4 Å². The third-order valence-corrected chi connectivity index (χ3v) is 6.14. The number of nitrogens with one attached hydrogen (secondary N) is 1. The van der Waals surface area contributed by atoms with Gasteiger partial charge in [0.05, 0.1) is 0 Å². The summed E-state index contributed by atoms with van der Waals surface area (Å²) in [4.78, 5) is 40.6. The molecule has 0 aliphatic carbocycles. The van der Waals surface area contributed by atoms with Crippen molar-refractivity contribution < 1.29 is 23.9 Å². The van der Waals surface area contributed by atoms with Crippen LogP contribution in [0.1, 0.15) is 30.9 Å². The summed E-state index contributed by atoms with van der Waals surface area (Å²) in [6.45, 7) is 2.26. The molecule has 0 bridgehead atoms. The lowest BCUT2D eigenvalue weighted by molar-refractivity contribution is -0.149. The molecule has 2 heterocycles. The molecule has 1 fully saturated rings. The molecule has 2 aromatic carbocycles. The van der Waals surface area contributed by atoms with Gasteiger partial charge in [-0.2, -0.15) is 0 Å². The van der Waals surface area contributed by atoms with E-state index in [1.165, 1.54) is 24.0 Å². The first-order valence-corrected chi connectivity index (χ1v) is 10.8. The van der Waals surface area contributed by atoms with Crippen molar-refractivity contribution in [2.45, 2.75) is 38.3 Å². The van der Waals surface area contributed by atoms with E-state index < -0.39 is 23.2 Å². The lowest BCUT2D eigenvalue weighted by Gasteiger charge is -2.30. The number of anilines is 2. The predicted octanol–water partition coefficient (Wildman–Crippen LogP) is 2.56. The topological polar surface area (TPSA) is 89.9 Å². The summed E-state index contributed by atoms with van der Waals surface area (Å²) >= 11 is 5.82. The number of fused-ring (bicyclic) bond motifs is 1. The highest BCUT2D eigenvalue weighted by atomic mass is 35.5. The van der Waals surface area contributed by atoms with Crippen molar-refractivity contribution in [2.75, 3.05) is 22.9 Å². The summed E-state index contributed by atoms with van der Waals surface area (Å²) < 4.78 is 13.5. The lowest BCUT2D eigenvalue weighted by atomic mass is 10.00. The summed E-state index contributed by atoms with van der Waals surface area (Å²) in [5.74, 6) is -2.14. The number of amides is 3. The molecule has 32 heavy (non-hydrogen) atoms. The van der Waals surface area contributed by atoms with Gasteiger partial charge in [0.25, 0.3) is 11.8 Å². The molecule has 2 aliphatic rings. The van der Waals surface area contributed by atoms with Gasteiger partial charge >= 0.3 is 0 Å².